The van der Waals surface area contributed by atoms with Crippen molar-refractivity contribution in [3.05, 3.63) is 0 Å². The second-order valence-electron chi connectivity index (χ2n) is 2.87. The highest BCUT2D eigenvalue weighted by Crippen LogP contribution is 2.00. The maximum absolute atomic E-state index is 8.70. The fourth-order valence-electron chi connectivity index (χ4n) is 1.09. The smallest absolute Gasteiger partial charge is 0.0952 e. The molecule has 70 valence electrons. The Morgan fingerprint density at radius 1 is 1.42 bits per heavy atom. The minimum absolute atomic E-state index is 0.0681. The lowest BCUT2D eigenvalue weighted by Crippen LogP contribution is -2.37. The highest BCUT2D eigenvalue weighted by atomic mass is 16.3. The third kappa shape index (κ3) is 4.32. The summed E-state index contributed by atoms with van der Waals surface area (Å²) >= 11 is 0. The minimum atomic E-state index is -0.0681. The molecule has 0 bridgehead atoms. The van der Waals surface area contributed by atoms with E-state index in [1.807, 2.05) is 6.92 Å². The van der Waals surface area contributed by atoms with Crippen molar-refractivity contribution in [2.45, 2.75) is 45.2 Å². The summed E-state index contributed by atoms with van der Waals surface area (Å²) < 4.78 is 0. The van der Waals surface area contributed by atoms with E-state index in [4.69, 9.17) is 10.4 Å². The Bertz CT molecular complexity index is 142. The predicted octanol–water partition coefficient (Wildman–Crippen LogP) is 1.04. The van der Waals surface area contributed by atoms with E-state index in [2.05, 4.69) is 18.3 Å². The van der Waals surface area contributed by atoms with Crippen molar-refractivity contribution in [1.29, 1.82) is 5.26 Å². The lowest BCUT2D eigenvalue weighted by atomic mass is 10.1. The van der Waals surface area contributed by atoms with Crippen molar-refractivity contribution in [2.75, 3.05) is 6.61 Å². The summed E-state index contributed by atoms with van der Waals surface area (Å²) in [5.41, 5.74) is 0. The van der Waals surface area contributed by atoms with Crippen LogP contribution in [0.4, 0.5) is 0 Å². The Balaban J connectivity index is 3.75. The molecule has 2 atom stereocenters. The van der Waals surface area contributed by atoms with Crippen LogP contribution in [0.15, 0.2) is 0 Å². The molecule has 3 nitrogen and oxygen atoms in total. The molecule has 0 aromatic rings. The van der Waals surface area contributed by atoms with Gasteiger partial charge in [0.15, 0.2) is 0 Å². The van der Waals surface area contributed by atoms with Gasteiger partial charge in [-0.2, -0.15) is 5.26 Å². The van der Waals surface area contributed by atoms with Gasteiger partial charge in [0.1, 0.15) is 0 Å². The van der Waals surface area contributed by atoms with Crippen molar-refractivity contribution >= 4 is 0 Å². The average Bonchev–Trinajstić information content (AvgIpc) is 2.12. The van der Waals surface area contributed by atoms with Gasteiger partial charge in [-0.1, -0.05) is 13.8 Å². The second-order valence-corrected chi connectivity index (χ2v) is 2.87. The first-order valence-electron chi connectivity index (χ1n) is 4.54. The van der Waals surface area contributed by atoms with Crippen molar-refractivity contribution in [3.63, 3.8) is 0 Å². The molecule has 12 heavy (non-hydrogen) atoms. The minimum Gasteiger partial charge on any atom is -0.396 e. The molecule has 2 unspecified atom stereocenters. The van der Waals surface area contributed by atoms with E-state index in [1.54, 1.807) is 0 Å². The first-order valence-corrected chi connectivity index (χ1v) is 4.54. The van der Waals surface area contributed by atoms with Crippen molar-refractivity contribution < 1.29 is 5.11 Å². The van der Waals surface area contributed by atoms with Crippen LogP contribution < -0.4 is 5.32 Å². The van der Waals surface area contributed by atoms with E-state index < -0.39 is 0 Å². The van der Waals surface area contributed by atoms with Crippen molar-refractivity contribution in [3.8, 4) is 6.07 Å². The van der Waals surface area contributed by atoms with E-state index in [0.717, 1.165) is 19.3 Å². The standard InChI is InChI=1S/C9H18N2O/c1-3-8(5-6-12)11-9(4-2)7-10/h8-9,11-12H,3-6H2,1-2H3. The number of hydrogen-bond acceptors (Lipinski definition) is 3. The van der Waals surface area contributed by atoms with Gasteiger partial charge in [-0.3, -0.25) is 5.32 Å². The zero-order chi connectivity index (χ0) is 9.40. The van der Waals surface area contributed by atoms with Crippen LogP contribution in [0.25, 0.3) is 0 Å². The van der Waals surface area contributed by atoms with Crippen LogP contribution >= 0.6 is 0 Å². The quantitative estimate of drug-likeness (QED) is 0.626. The maximum Gasteiger partial charge on any atom is 0.0952 e. The van der Waals surface area contributed by atoms with Crippen LogP contribution in [0.2, 0.25) is 0 Å². The molecule has 0 rings (SSSR count). The normalized spacial score (nSPS) is 15.2. The molecule has 0 spiro atoms. The number of nitrogens with zero attached hydrogens (tertiary/aromatic N) is 1. The Hall–Kier alpha value is -0.590. The summed E-state index contributed by atoms with van der Waals surface area (Å²) in [7, 11) is 0. The number of nitrogens with one attached hydrogen (secondary N) is 1. The van der Waals surface area contributed by atoms with Crippen LogP contribution in [0.1, 0.15) is 33.1 Å². The third-order valence-electron chi connectivity index (χ3n) is 1.97. The Kier molecular flexibility index (Phi) is 6.73. The zero-order valence-electron chi connectivity index (χ0n) is 7.88. The van der Waals surface area contributed by atoms with E-state index in [9.17, 15) is 0 Å². The van der Waals surface area contributed by atoms with Gasteiger partial charge in [0.05, 0.1) is 12.1 Å². The molecule has 0 aromatic carbocycles. The summed E-state index contributed by atoms with van der Waals surface area (Å²) in [6, 6.07) is 2.39. The molecule has 0 aromatic heterocycles. The number of rotatable bonds is 6. The summed E-state index contributed by atoms with van der Waals surface area (Å²) in [6.07, 6.45) is 2.51. The van der Waals surface area contributed by atoms with Gasteiger partial charge in [-0.15, -0.1) is 0 Å². The maximum atomic E-state index is 8.70. The molecule has 0 aliphatic rings. The first-order chi connectivity index (χ1) is 5.78. The third-order valence-corrected chi connectivity index (χ3v) is 1.97. The van der Waals surface area contributed by atoms with Gasteiger partial charge in [0, 0.05) is 12.6 Å². The predicted molar refractivity (Wildman–Crippen MR) is 48.6 cm³/mol. The van der Waals surface area contributed by atoms with Crippen LogP contribution in [0.5, 0.6) is 0 Å². The molecule has 0 aliphatic carbocycles. The molecule has 0 saturated carbocycles. The lowest BCUT2D eigenvalue weighted by Gasteiger charge is -2.18. The van der Waals surface area contributed by atoms with Gasteiger partial charge < -0.3 is 5.11 Å². The number of nitriles is 1. The van der Waals surface area contributed by atoms with E-state index in [1.165, 1.54) is 0 Å². The summed E-state index contributed by atoms with van der Waals surface area (Å²) in [4.78, 5) is 0. The highest BCUT2D eigenvalue weighted by Gasteiger charge is 2.10. The average molecular weight is 170 g/mol. The second kappa shape index (κ2) is 7.08. The van der Waals surface area contributed by atoms with Gasteiger partial charge in [-0.25, -0.2) is 0 Å². The molecule has 0 radical (unpaired) electrons. The molecule has 0 saturated heterocycles. The van der Waals surface area contributed by atoms with Crippen LogP contribution in [0.3, 0.4) is 0 Å². The van der Waals surface area contributed by atoms with Crippen LogP contribution in [-0.2, 0) is 0 Å². The Morgan fingerprint density at radius 3 is 2.42 bits per heavy atom. The topological polar surface area (TPSA) is 56.0 Å². The molecule has 0 amide bonds. The number of hydrogen-bond donors (Lipinski definition) is 2. The fraction of sp³-hybridized carbons (Fsp3) is 0.889. The number of aliphatic hydroxyl groups excluding tert-OH is 1. The van der Waals surface area contributed by atoms with E-state index in [-0.39, 0.29) is 18.7 Å². The fourth-order valence-corrected chi connectivity index (χ4v) is 1.09. The van der Waals surface area contributed by atoms with Crippen molar-refractivity contribution in [1.82, 2.24) is 5.32 Å². The van der Waals surface area contributed by atoms with Crippen molar-refractivity contribution in [2.24, 2.45) is 0 Å². The first kappa shape index (κ1) is 11.4. The molecule has 0 fully saturated rings. The number of aliphatic hydroxyl groups is 1. The van der Waals surface area contributed by atoms with E-state index >= 15 is 0 Å². The highest BCUT2D eigenvalue weighted by molar-refractivity contribution is 4.90. The summed E-state index contributed by atoms with van der Waals surface area (Å²) in [5.74, 6) is 0. The molecular weight excluding hydrogens is 152 g/mol. The summed E-state index contributed by atoms with van der Waals surface area (Å²) in [6.45, 7) is 4.22. The molecule has 0 heterocycles. The lowest BCUT2D eigenvalue weighted by molar-refractivity contribution is 0.259. The molecule has 3 heteroatoms. The summed E-state index contributed by atoms with van der Waals surface area (Å²) in [5, 5.41) is 20.5. The molecular formula is C9H18N2O. The molecule has 2 N–H and O–H groups in total. The molecule has 0 aliphatic heterocycles. The van der Waals surface area contributed by atoms with Crippen LogP contribution in [0, 0.1) is 11.3 Å². The SMILES string of the molecule is CCC(C#N)NC(CC)CCO. The Labute approximate surface area is 74.4 Å². The van der Waals surface area contributed by atoms with Gasteiger partial charge >= 0.3 is 0 Å². The van der Waals surface area contributed by atoms with E-state index in [0.29, 0.717) is 0 Å². The zero-order valence-corrected chi connectivity index (χ0v) is 7.88. The van der Waals surface area contributed by atoms with Gasteiger partial charge in [0.2, 0.25) is 0 Å². The van der Waals surface area contributed by atoms with Gasteiger partial charge in [-0.05, 0) is 19.3 Å². The van der Waals surface area contributed by atoms with Crippen LogP contribution in [-0.4, -0.2) is 23.8 Å². The van der Waals surface area contributed by atoms with Gasteiger partial charge in [0.25, 0.3) is 0 Å². The largest absolute Gasteiger partial charge is 0.396 e. The monoisotopic (exact) mass is 170 g/mol. The Morgan fingerprint density at radius 2 is 2.08 bits per heavy atom.